The molecule has 1 unspecified atom stereocenters. The first kappa shape index (κ1) is 9.66. The van der Waals surface area contributed by atoms with Crippen molar-refractivity contribution < 1.29 is 10.2 Å². The van der Waals surface area contributed by atoms with Crippen molar-refractivity contribution in [3.63, 3.8) is 0 Å². The Morgan fingerprint density at radius 2 is 2.00 bits per heavy atom. The van der Waals surface area contributed by atoms with Gasteiger partial charge in [-0.1, -0.05) is 19.1 Å². The van der Waals surface area contributed by atoms with Gasteiger partial charge in [-0.2, -0.15) is 0 Å². The van der Waals surface area contributed by atoms with Gasteiger partial charge in [0, 0.05) is 6.42 Å². The number of hydrogen-bond donors (Lipinski definition) is 2. The summed E-state index contributed by atoms with van der Waals surface area (Å²) in [6, 6.07) is 0. The number of aliphatic hydroxyl groups excluding tert-OH is 2. The summed E-state index contributed by atoms with van der Waals surface area (Å²) in [7, 11) is 0. The summed E-state index contributed by atoms with van der Waals surface area (Å²) in [5.74, 6) is 0. The van der Waals surface area contributed by atoms with E-state index >= 15 is 0 Å². The van der Waals surface area contributed by atoms with Gasteiger partial charge in [-0.05, 0) is 13.3 Å². The van der Waals surface area contributed by atoms with Gasteiger partial charge in [0.15, 0.2) is 0 Å². The molecule has 2 atom stereocenters. The quantitative estimate of drug-likeness (QED) is 0.580. The second-order valence-corrected chi connectivity index (χ2v) is 2.39. The van der Waals surface area contributed by atoms with Crippen LogP contribution in [-0.2, 0) is 0 Å². The summed E-state index contributed by atoms with van der Waals surface area (Å²) in [4.78, 5) is 0. The first-order valence-corrected chi connectivity index (χ1v) is 3.69. The van der Waals surface area contributed by atoms with Gasteiger partial charge in [-0.15, -0.1) is 0 Å². The van der Waals surface area contributed by atoms with Gasteiger partial charge in [0.25, 0.3) is 0 Å². The lowest BCUT2D eigenvalue weighted by Gasteiger charge is -2.09. The zero-order valence-corrected chi connectivity index (χ0v) is 6.62. The minimum atomic E-state index is -0.486. The normalized spacial score (nSPS) is 17.6. The van der Waals surface area contributed by atoms with Gasteiger partial charge in [0.05, 0.1) is 12.2 Å². The molecule has 60 valence electrons. The molecule has 2 heteroatoms. The molecule has 0 spiro atoms. The fraction of sp³-hybridized carbons (Fsp3) is 0.750. The monoisotopic (exact) mass is 144 g/mol. The van der Waals surface area contributed by atoms with Gasteiger partial charge in [0.1, 0.15) is 0 Å². The largest absolute Gasteiger partial charge is 0.393 e. The first-order chi connectivity index (χ1) is 4.70. The summed E-state index contributed by atoms with van der Waals surface area (Å²) < 4.78 is 0. The maximum absolute atomic E-state index is 9.10. The Morgan fingerprint density at radius 3 is 2.40 bits per heavy atom. The average molecular weight is 144 g/mol. The fourth-order valence-electron chi connectivity index (χ4n) is 0.746. The lowest BCUT2D eigenvalue weighted by molar-refractivity contribution is 0.101. The molecule has 0 rings (SSSR count). The van der Waals surface area contributed by atoms with E-state index in [0.717, 1.165) is 0 Å². The van der Waals surface area contributed by atoms with Crippen LogP contribution in [0.25, 0.3) is 0 Å². The lowest BCUT2D eigenvalue weighted by Crippen LogP contribution is -2.14. The third-order valence-electron chi connectivity index (χ3n) is 1.40. The van der Waals surface area contributed by atoms with Gasteiger partial charge in [-0.3, -0.25) is 0 Å². The van der Waals surface area contributed by atoms with E-state index in [0.29, 0.717) is 12.8 Å². The Morgan fingerprint density at radius 1 is 1.40 bits per heavy atom. The van der Waals surface area contributed by atoms with E-state index in [9.17, 15) is 0 Å². The SMILES string of the molecule is C/C=C/C(O)C[C@@H](O)CC. The van der Waals surface area contributed by atoms with Gasteiger partial charge in [-0.25, -0.2) is 0 Å². The molecular weight excluding hydrogens is 128 g/mol. The highest BCUT2D eigenvalue weighted by Gasteiger charge is 2.05. The Bertz CT molecular complexity index is 99.4. The highest BCUT2D eigenvalue weighted by Crippen LogP contribution is 2.02. The third kappa shape index (κ3) is 4.53. The number of aliphatic hydroxyl groups is 2. The van der Waals surface area contributed by atoms with Crippen LogP contribution in [0.15, 0.2) is 12.2 Å². The van der Waals surface area contributed by atoms with E-state index in [4.69, 9.17) is 10.2 Å². The molecule has 0 bridgehead atoms. The van der Waals surface area contributed by atoms with E-state index in [1.807, 2.05) is 13.8 Å². The Labute approximate surface area is 62.2 Å². The van der Waals surface area contributed by atoms with Crippen molar-refractivity contribution in [2.45, 2.75) is 38.9 Å². The van der Waals surface area contributed by atoms with E-state index in [2.05, 4.69) is 0 Å². The van der Waals surface area contributed by atoms with Crippen LogP contribution >= 0.6 is 0 Å². The minimum Gasteiger partial charge on any atom is -0.393 e. The highest BCUT2D eigenvalue weighted by atomic mass is 16.3. The summed E-state index contributed by atoms with van der Waals surface area (Å²) >= 11 is 0. The topological polar surface area (TPSA) is 40.5 Å². The molecule has 0 saturated heterocycles. The molecule has 10 heavy (non-hydrogen) atoms. The van der Waals surface area contributed by atoms with Crippen LogP contribution in [0.3, 0.4) is 0 Å². The van der Waals surface area contributed by atoms with Crippen LogP contribution in [0, 0.1) is 0 Å². The molecule has 0 fully saturated rings. The number of allylic oxidation sites excluding steroid dienone is 1. The van der Waals surface area contributed by atoms with Crippen molar-refractivity contribution in [3.05, 3.63) is 12.2 Å². The molecule has 0 aliphatic rings. The Kier molecular flexibility index (Phi) is 5.26. The van der Waals surface area contributed by atoms with Crippen LogP contribution in [-0.4, -0.2) is 22.4 Å². The maximum Gasteiger partial charge on any atom is 0.0745 e. The van der Waals surface area contributed by atoms with E-state index in [1.54, 1.807) is 12.2 Å². The number of hydrogen-bond acceptors (Lipinski definition) is 2. The van der Waals surface area contributed by atoms with Crippen molar-refractivity contribution in [2.24, 2.45) is 0 Å². The summed E-state index contributed by atoms with van der Waals surface area (Å²) in [5, 5.41) is 18.2. The van der Waals surface area contributed by atoms with Gasteiger partial charge >= 0.3 is 0 Å². The molecule has 0 radical (unpaired) electrons. The summed E-state index contributed by atoms with van der Waals surface area (Å²) in [6.45, 7) is 3.74. The second-order valence-electron chi connectivity index (χ2n) is 2.39. The standard InChI is InChI=1S/C8H16O2/c1-3-5-8(10)6-7(9)4-2/h3,5,7-10H,4,6H2,1-2H3/b5-3+/t7-,8?/m0/s1. The minimum absolute atomic E-state index is 0.369. The van der Waals surface area contributed by atoms with E-state index in [1.165, 1.54) is 0 Å². The molecule has 0 aromatic carbocycles. The molecule has 2 nitrogen and oxygen atoms in total. The van der Waals surface area contributed by atoms with E-state index in [-0.39, 0.29) is 6.10 Å². The molecule has 2 N–H and O–H groups in total. The van der Waals surface area contributed by atoms with Gasteiger partial charge in [0.2, 0.25) is 0 Å². The average Bonchev–Trinajstić information content (AvgIpc) is 1.88. The zero-order valence-electron chi connectivity index (χ0n) is 6.62. The third-order valence-corrected chi connectivity index (χ3v) is 1.40. The smallest absolute Gasteiger partial charge is 0.0745 e. The Hall–Kier alpha value is -0.340. The molecular formula is C8H16O2. The van der Waals surface area contributed by atoms with Gasteiger partial charge < -0.3 is 10.2 Å². The van der Waals surface area contributed by atoms with Crippen molar-refractivity contribution in [2.75, 3.05) is 0 Å². The van der Waals surface area contributed by atoms with Crippen LogP contribution in [0.4, 0.5) is 0 Å². The van der Waals surface area contributed by atoms with Crippen LogP contribution in [0.1, 0.15) is 26.7 Å². The fourth-order valence-corrected chi connectivity index (χ4v) is 0.746. The van der Waals surface area contributed by atoms with Crippen molar-refractivity contribution in [1.29, 1.82) is 0 Å². The maximum atomic E-state index is 9.10. The first-order valence-electron chi connectivity index (χ1n) is 3.69. The molecule has 0 aromatic rings. The number of rotatable bonds is 4. The van der Waals surface area contributed by atoms with Crippen molar-refractivity contribution in [3.8, 4) is 0 Å². The predicted octanol–water partition coefficient (Wildman–Crippen LogP) is 1.08. The molecule has 0 saturated carbocycles. The lowest BCUT2D eigenvalue weighted by atomic mass is 10.1. The highest BCUT2D eigenvalue weighted by molar-refractivity contribution is 4.86. The second kappa shape index (κ2) is 5.45. The molecule has 0 aromatic heterocycles. The van der Waals surface area contributed by atoms with Crippen LogP contribution in [0.2, 0.25) is 0 Å². The molecule has 0 aliphatic carbocycles. The molecule has 0 heterocycles. The molecule has 0 aliphatic heterocycles. The molecule has 0 amide bonds. The summed E-state index contributed by atoms with van der Waals surface area (Å²) in [5.41, 5.74) is 0. The summed E-state index contributed by atoms with van der Waals surface area (Å²) in [6.07, 6.45) is 3.76. The zero-order chi connectivity index (χ0) is 7.98. The van der Waals surface area contributed by atoms with Crippen LogP contribution < -0.4 is 0 Å². The van der Waals surface area contributed by atoms with E-state index < -0.39 is 6.10 Å². The van der Waals surface area contributed by atoms with Crippen molar-refractivity contribution in [1.82, 2.24) is 0 Å². The predicted molar refractivity (Wildman–Crippen MR) is 41.7 cm³/mol. The Balaban J connectivity index is 3.46. The van der Waals surface area contributed by atoms with Crippen LogP contribution in [0.5, 0.6) is 0 Å². The van der Waals surface area contributed by atoms with Crippen molar-refractivity contribution >= 4 is 0 Å².